The van der Waals surface area contributed by atoms with Gasteiger partial charge in [0.2, 0.25) is 0 Å². The molecule has 0 radical (unpaired) electrons. The normalized spacial score (nSPS) is 11.6. The highest BCUT2D eigenvalue weighted by atomic mass is 15.1. The summed E-state index contributed by atoms with van der Waals surface area (Å²) >= 11 is 0. The summed E-state index contributed by atoms with van der Waals surface area (Å²) in [4.78, 5) is 4.70. The van der Waals surface area contributed by atoms with Gasteiger partial charge in [-0.1, -0.05) is 140 Å². The summed E-state index contributed by atoms with van der Waals surface area (Å²) in [7, 11) is 2.18. The molecule has 0 amide bonds. The first kappa shape index (κ1) is 29.3. The zero-order chi connectivity index (χ0) is 33.9. The van der Waals surface area contributed by atoms with Crippen molar-refractivity contribution in [1.29, 1.82) is 0 Å². The van der Waals surface area contributed by atoms with E-state index in [2.05, 4.69) is 205 Å². The fourth-order valence-corrected chi connectivity index (χ4v) is 8.15. The number of hydrogen-bond acceptors (Lipinski definition) is 2. The molecule has 240 valence electrons. The molecule has 10 aromatic carbocycles. The van der Waals surface area contributed by atoms with Gasteiger partial charge in [-0.3, -0.25) is 0 Å². The largest absolute Gasteiger partial charge is 0.344 e. The summed E-state index contributed by atoms with van der Waals surface area (Å²) in [5.74, 6) is 0. The highest BCUT2D eigenvalue weighted by Gasteiger charge is 2.19. The summed E-state index contributed by atoms with van der Waals surface area (Å²) in [5, 5.41) is 12.9. The molecule has 2 heteroatoms. The van der Waals surface area contributed by atoms with Gasteiger partial charge in [-0.15, -0.1) is 0 Å². The number of benzene rings is 10. The number of hydrogen-bond donors (Lipinski definition) is 0. The van der Waals surface area contributed by atoms with E-state index in [1.54, 1.807) is 0 Å². The first-order chi connectivity index (χ1) is 25.2. The molecule has 0 saturated carbocycles. The van der Waals surface area contributed by atoms with Gasteiger partial charge in [-0.05, 0) is 103 Å². The summed E-state index contributed by atoms with van der Waals surface area (Å²) in [6.07, 6.45) is 0. The monoisotopic (exact) mass is 650 g/mol. The molecule has 2 nitrogen and oxygen atoms in total. The van der Waals surface area contributed by atoms with E-state index in [1.807, 2.05) is 0 Å². The van der Waals surface area contributed by atoms with Crippen molar-refractivity contribution in [3.63, 3.8) is 0 Å². The van der Waals surface area contributed by atoms with Crippen LogP contribution in [0.4, 0.5) is 28.4 Å². The molecular formula is C49H34N2. The van der Waals surface area contributed by atoms with E-state index < -0.39 is 0 Å². The van der Waals surface area contributed by atoms with Crippen LogP contribution in [0.1, 0.15) is 0 Å². The lowest BCUT2D eigenvalue weighted by atomic mass is 9.89. The lowest BCUT2D eigenvalue weighted by molar-refractivity contribution is 1.21. The van der Waals surface area contributed by atoms with Gasteiger partial charge in [-0.2, -0.15) is 0 Å². The summed E-state index contributed by atoms with van der Waals surface area (Å²) < 4.78 is 0. The minimum Gasteiger partial charge on any atom is -0.344 e. The zero-order valence-electron chi connectivity index (χ0n) is 28.3. The van der Waals surface area contributed by atoms with Crippen LogP contribution in [0.15, 0.2) is 188 Å². The Morgan fingerprint density at radius 1 is 0.294 bits per heavy atom. The second-order valence-corrected chi connectivity index (χ2v) is 13.4. The van der Waals surface area contributed by atoms with Crippen LogP contribution in [-0.4, -0.2) is 7.05 Å². The van der Waals surface area contributed by atoms with Crippen LogP contribution in [0.3, 0.4) is 0 Å². The fourth-order valence-electron chi connectivity index (χ4n) is 8.15. The first-order valence-electron chi connectivity index (χ1n) is 17.6. The van der Waals surface area contributed by atoms with Gasteiger partial charge in [0.1, 0.15) is 0 Å². The predicted molar refractivity (Wildman–Crippen MR) is 220 cm³/mol. The quantitative estimate of drug-likeness (QED) is 0.131. The van der Waals surface area contributed by atoms with Crippen molar-refractivity contribution < 1.29 is 0 Å². The van der Waals surface area contributed by atoms with Gasteiger partial charge in [0, 0.05) is 40.6 Å². The minimum atomic E-state index is 1.11. The first-order valence-corrected chi connectivity index (χ1v) is 17.6. The van der Waals surface area contributed by atoms with Gasteiger partial charge < -0.3 is 9.80 Å². The second-order valence-electron chi connectivity index (χ2n) is 13.4. The van der Waals surface area contributed by atoms with E-state index in [-0.39, 0.29) is 0 Å². The average molecular weight is 651 g/mol. The molecule has 0 spiro atoms. The Kier molecular flexibility index (Phi) is 6.75. The van der Waals surface area contributed by atoms with Gasteiger partial charge in [0.05, 0.1) is 5.69 Å². The highest BCUT2D eigenvalue weighted by molar-refractivity contribution is 6.34. The second kappa shape index (κ2) is 11.8. The Morgan fingerprint density at radius 2 is 0.784 bits per heavy atom. The third-order valence-corrected chi connectivity index (χ3v) is 10.6. The Hall–Kier alpha value is -6.64. The smallest absolute Gasteiger partial charge is 0.0540 e. The molecule has 0 aliphatic heterocycles. The molecular weight excluding hydrogens is 617 g/mol. The average Bonchev–Trinajstić information content (AvgIpc) is 3.20. The summed E-state index contributed by atoms with van der Waals surface area (Å²) in [6.45, 7) is 0. The van der Waals surface area contributed by atoms with Crippen molar-refractivity contribution in [3.05, 3.63) is 188 Å². The Labute approximate surface area is 297 Å². The molecule has 0 heterocycles. The molecule has 0 saturated heterocycles. The Morgan fingerprint density at radius 3 is 1.53 bits per heavy atom. The van der Waals surface area contributed by atoms with E-state index >= 15 is 0 Å². The van der Waals surface area contributed by atoms with Crippen molar-refractivity contribution >= 4 is 82.3 Å². The van der Waals surface area contributed by atoms with Crippen molar-refractivity contribution in [2.45, 2.75) is 0 Å². The predicted octanol–water partition coefficient (Wildman–Crippen LogP) is 13.8. The molecule has 0 N–H and O–H groups in total. The minimum absolute atomic E-state index is 1.11. The maximum Gasteiger partial charge on any atom is 0.0540 e. The van der Waals surface area contributed by atoms with Crippen LogP contribution in [0.25, 0.3) is 65.0 Å². The van der Waals surface area contributed by atoms with Crippen LogP contribution < -0.4 is 9.80 Å². The van der Waals surface area contributed by atoms with E-state index in [1.165, 1.54) is 70.7 Å². The molecule has 0 bridgehead atoms. The number of rotatable bonds is 6. The van der Waals surface area contributed by atoms with Gasteiger partial charge >= 0.3 is 0 Å². The molecule has 0 fully saturated rings. The van der Waals surface area contributed by atoms with Crippen molar-refractivity contribution in [1.82, 2.24) is 0 Å². The molecule has 0 unspecified atom stereocenters. The molecule has 51 heavy (non-hydrogen) atoms. The van der Waals surface area contributed by atoms with Gasteiger partial charge in [-0.25, -0.2) is 0 Å². The molecule has 0 atom stereocenters. The topological polar surface area (TPSA) is 6.48 Å². The lowest BCUT2D eigenvalue weighted by Crippen LogP contribution is -2.12. The zero-order valence-corrected chi connectivity index (χ0v) is 28.3. The standard InChI is InChI=1S/C49H34N2/c1-50(46-32-31-44-42-19-8-16-36-15-7-18-41(48(36)42)43-20-10-21-45(46)49(43)44)37-27-29-39(30-28-37)51(47-22-9-14-35-13-5-6-17-40(35)47)38-25-23-34(24-26-38)33-11-3-2-4-12-33/h2-32H,1H3. The van der Waals surface area contributed by atoms with Crippen LogP contribution in [0.2, 0.25) is 0 Å². The molecule has 0 aliphatic carbocycles. The van der Waals surface area contributed by atoms with Crippen molar-refractivity contribution in [2.75, 3.05) is 16.8 Å². The maximum atomic E-state index is 2.38. The maximum absolute atomic E-state index is 2.38. The van der Waals surface area contributed by atoms with Crippen molar-refractivity contribution in [2.24, 2.45) is 0 Å². The number of nitrogens with zero attached hydrogens (tertiary/aromatic N) is 2. The highest BCUT2D eigenvalue weighted by Crippen LogP contribution is 2.45. The summed E-state index contributed by atoms with van der Waals surface area (Å²) in [6, 6.07) is 68.4. The molecule has 10 rings (SSSR count). The van der Waals surface area contributed by atoms with E-state index in [0.717, 1.165) is 22.7 Å². The Bertz CT molecular complexity index is 2800. The van der Waals surface area contributed by atoms with Gasteiger partial charge in [0.15, 0.2) is 0 Å². The van der Waals surface area contributed by atoms with E-state index in [4.69, 9.17) is 0 Å². The third-order valence-electron chi connectivity index (χ3n) is 10.6. The van der Waals surface area contributed by atoms with E-state index in [9.17, 15) is 0 Å². The molecule has 0 aliphatic rings. The van der Waals surface area contributed by atoms with Gasteiger partial charge in [0.25, 0.3) is 0 Å². The summed E-state index contributed by atoms with van der Waals surface area (Å²) in [5.41, 5.74) is 8.12. The third kappa shape index (κ3) is 4.72. The number of fused-ring (bicyclic) bond motifs is 3. The Balaban J connectivity index is 1.08. The van der Waals surface area contributed by atoms with Crippen LogP contribution in [0.5, 0.6) is 0 Å². The fraction of sp³-hybridized carbons (Fsp3) is 0.0204. The van der Waals surface area contributed by atoms with Crippen LogP contribution >= 0.6 is 0 Å². The SMILES string of the molecule is CN(c1ccc(N(c2ccc(-c3ccccc3)cc2)c2cccc3ccccc23)cc1)c1ccc2c3cccc4cccc(c5cccc1c52)c43. The number of anilines is 5. The van der Waals surface area contributed by atoms with Crippen molar-refractivity contribution in [3.8, 4) is 11.1 Å². The molecule has 10 aromatic rings. The molecule has 0 aromatic heterocycles. The van der Waals surface area contributed by atoms with Crippen LogP contribution in [0, 0.1) is 0 Å². The van der Waals surface area contributed by atoms with Crippen LogP contribution in [-0.2, 0) is 0 Å². The van der Waals surface area contributed by atoms with E-state index in [0.29, 0.717) is 0 Å². The lowest BCUT2D eigenvalue weighted by Gasteiger charge is -2.28.